The second kappa shape index (κ2) is 6.78. The first-order chi connectivity index (χ1) is 11.6. The van der Waals surface area contributed by atoms with Crippen LogP contribution in [0, 0.1) is 11.2 Å². The van der Waals surface area contributed by atoms with Gasteiger partial charge in [0.15, 0.2) is 0 Å². The quantitative estimate of drug-likeness (QED) is 0.729. The number of allylic oxidation sites excluding steroid dienone is 1. The van der Waals surface area contributed by atoms with Crippen molar-refractivity contribution in [3.05, 3.63) is 72.5 Å². The lowest BCUT2D eigenvalue weighted by molar-refractivity contribution is 0.330. The Balaban J connectivity index is 1.89. The molecule has 0 saturated heterocycles. The van der Waals surface area contributed by atoms with Gasteiger partial charge in [0.1, 0.15) is 17.9 Å². The maximum absolute atomic E-state index is 13.8. The number of halogens is 1. The van der Waals surface area contributed by atoms with Crippen molar-refractivity contribution < 1.29 is 8.81 Å². The molecule has 0 aliphatic carbocycles. The van der Waals surface area contributed by atoms with Crippen LogP contribution in [0.5, 0.6) is 0 Å². The van der Waals surface area contributed by atoms with E-state index < -0.39 is 0 Å². The Morgan fingerprint density at radius 1 is 1.42 bits per heavy atom. The van der Waals surface area contributed by atoms with Gasteiger partial charge < -0.3 is 15.6 Å². The maximum Gasteiger partial charge on any atom is 0.229 e. The van der Waals surface area contributed by atoms with E-state index in [9.17, 15) is 4.39 Å². The molecular weight excluding hydrogens is 311 g/mol. The third-order valence-corrected chi connectivity index (χ3v) is 3.25. The SMILES string of the molecule is N=C(Cc1ccccc1F)/C(=C\N1N=C(N)C=CN1)c1ncco1. The molecule has 1 aliphatic rings. The number of oxazole rings is 1. The van der Waals surface area contributed by atoms with Gasteiger partial charge in [-0.2, -0.15) is 5.12 Å². The second-order valence-electron chi connectivity index (χ2n) is 4.96. The lowest BCUT2D eigenvalue weighted by Crippen LogP contribution is -2.31. The zero-order chi connectivity index (χ0) is 16.9. The molecule has 7 nitrogen and oxygen atoms in total. The highest BCUT2D eigenvalue weighted by Gasteiger charge is 2.17. The highest BCUT2D eigenvalue weighted by Crippen LogP contribution is 2.19. The summed E-state index contributed by atoms with van der Waals surface area (Å²) < 4.78 is 19.1. The minimum atomic E-state index is -0.365. The van der Waals surface area contributed by atoms with E-state index in [1.807, 2.05) is 0 Å². The molecule has 0 unspecified atom stereocenters. The van der Waals surface area contributed by atoms with Gasteiger partial charge in [-0.05, 0) is 17.7 Å². The molecule has 4 N–H and O–H groups in total. The Bertz CT molecular complexity index is 825. The summed E-state index contributed by atoms with van der Waals surface area (Å²) in [6, 6.07) is 6.32. The predicted molar refractivity (Wildman–Crippen MR) is 88.0 cm³/mol. The number of nitrogens with zero attached hydrogens (tertiary/aromatic N) is 3. The first-order valence-corrected chi connectivity index (χ1v) is 7.12. The molecular formula is C16H15FN6O. The Kier molecular flexibility index (Phi) is 4.37. The van der Waals surface area contributed by atoms with Crippen LogP contribution in [-0.4, -0.2) is 21.6 Å². The fourth-order valence-electron chi connectivity index (χ4n) is 2.12. The van der Waals surface area contributed by atoms with E-state index >= 15 is 0 Å². The zero-order valence-electron chi connectivity index (χ0n) is 12.6. The molecule has 0 fully saturated rings. The molecule has 0 bridgehead atoms. The molecule has 8 heteroatoms. The molecule has 0 spiro atoms. The van der Waals surface area contributed by atoms with Gasteiger partial charge in [-0.1, -0.05) is 18.2 Å². The van der Waals surface area contributed by atoms with E-state index in [2.05, 4.69) is 15.5 Å². The molecule has 1 aromatic carbocycles. The normalized spacial score (nSPS) is 14.3. The maximum atomic E-state index is 13.8. The predicted octanol–water partition coefficient (Wildman–Crippen LogP) is 2.02. The number of hydrogen-bond donors (Lipinski definition) is 3. The summed E-state index contributed by atoms with van der Waals surface area (Å²) >= 11 is 0. The van der Waals surface area contributed by atoms with Gasteiger partial charge in [0, 0.05) is 12.6 Å². The standard InChI is InChI=1S/C16H15FN6O/c17-13-4-2-1-3-11(13)9-14(18)12(16-20-7-8-24-16)10-23-21-6-5-15(19)22-23/h1-8,10,18,21H,9H2,(H2,19,22)/b12-10+,18-14?. The van der Waals surface area contributed by atoms with E-state index in [1.54, 1.807) is 30.5 Å². The molecule has 24 heavy (non-hydrogen) atoms. The minimum Gasteiger partial charge on any atom is -0.444 e. The lowest BCUT2D eigenvalue weighted by atomic mass is 10.0. The van der Waals surface area contributed by atoms with Crippen LogP contribution in [0.3, 0.4) is 0 Å². The molecule has 2 aromatic rings. The summed E-state index contributed by atoms with van der Waals surface area (Å²) in [5.74, 6) is 0.175. The van der Waals surface area contributed by atoms with Gasteiger partial charge in [-0.3, -0.25) is 5.43 Å². The first-order valence-electron chi connectivity index (χ1n) is 7.12. The Morgan fingerprint density at radius 3 is 2.96 bits per heavy atom. The summed E-state index contributed by atoms with van der Waals surface area (Å²) in [5, 5.41) is 13.7. The summed E-state index contributed by atoms with van der Waals surface area (Å²) in [4.78, 5) is 4.06. The monoisotopic (exact) mass is 326 g/mol. The molecule has 3 rings (SSSR count). The summed E-state index contributed by atoms with van der Waals surface area (Å²) in [6.45, 7) is 0. The van der Waals surface area contributed by atoms with Crippen molar-refractivity contribution in [3.63, 3.8) is 0 Å². The minimum absolute atomic E-state index is 0.0871. The zero-order valence-corrected chi connectivity index (χ0v) is 12.6. The molecule has 0 atom stereocenters. The number of nitrogens with one attached hydrogen (secondary N) is 2. The van der Waals surface area contributed by atoms with Crippen LogP contribution >= 0.6 is 0 Å². The average molecular weight is 326 g/mol. The first kappa shape index (κ1) is 15.5. The molecule has 122 valence electrons. The van der Waals surface area contributed by atoms with Gasteiger partial charge in [0.05, 0.1) is 23.7 Å². The van der Waals surface area contributed by atoms with Crippen LogP contribution in [0.2, 0.25) is 0 Å². The Hall–Kier alpha value is -3.42. The van der Waals surface area contributed by atoms with Crippen molar-refractivity contribution in [2.24, 2.45) is 10.8 Å². The smallest absolute Gasteiger partial charge is 0.229 e. The van der Waals surface area contributed by atoms with Crippen LogP contribution in [0.25, 0.3) is 5.57 Å². The summed E-state index contributed by atoms with van der Waals surface area (Å²) in [6.07, 6.45) is 7.68. The van der Waals surface area contributed by atoms with E-state index in [0.29, 0.717) is 17.0 Å². The average Bonchev–Trinajstić information content (AvgIpc) is 3.09. The number of hydrazone groups is 1. The van der Waals surface area contributed by atoms with Crippen LogP contribution in [0.15, 0.2) is 64.7 Å². The van der Waals surface area contributed by atoms with Gasteiger partial charge in [-0.25, -0.2) is 9.37 Å². The fraction of sp³-hybridized carbons (Fsp3) is 0.0625. The topological polar surface area (TPSA) is 104 Å². The van der Waals surface area contributed by atoms with Crippen molar-refractivity contribution >= 4 is 17.1 Å². The third-order valence-electron chi connectivity index (χ3n) is 3.25. The largest absolute Gasteiger partial charge is 0.444 e. The second-order valence-corrected chi connectivity index (χ2v) is 4.96. The number of hydrogen-bond acceptors (Lipinski definition) is 7. The van der Waals surface area contributed by atoms with E-state index in [4.69, 9.17) is 15.6 Å². The lowest BCUT2D eigenvalue weighted by Gasteiger charge is -2.19. The van der Waals surface area contributed by atoms with Crippen molar-refractivity contribution in [1.82, 2.24) is 15.5 Å². The van der Waals surface area contributed by atoms with E-state index in [-0.39, 0.29) is 23.8 Å². The van der Waals surface area contributed by atoms with Crippen LogP contribution < -0.4 is 11.2 Å². The number of hydrazine groups is 1. The summed E-state index contributed by atoms with van der Waals surface area (Å²) in [5.41, 5.74) is 9.40. The van der Waals surface area contributed by atoms with Crippen molar-refractivity contribution in [3.8, 4) is 0 Å². The molecule has 0 amide bonds. The summed E-state index contributed by atoms with van der Waals surface area (Å²) in [7, 11) is 0. The number of amidine groups is 1. The van der Waals surface area contributed by atoms with Crippen LogP contribution in [0.1, 0.15) is 11.5 Å². The van der Waals surface area contributed by atoms with Gasteiger partial charge in [0.2, 0.25) is 5.89 Å². The number of nitrogens with two attached hydrogens (primary N) is 1. The Labute approximate surface area is 137 Å². The molecule has 1 aliphatic heterocycles. The molecule has 1 aromatic heterocycles. The van der Waals surface area contributed by atoms with Crippen molar-refractivity contribution in [1.29, 1.82) is 5.41 Å². The Morgan fingerprint density at radius 2 is 2.25 bits per heavy atom. The van der Waals surface area contributed by atoms with Crippen molar-refractivity contribution in [2.75, 3.05) is 0 Å². The molecule has 2 heterocycles. The third kappa shape index (κ3) is 3.49. The molecule has 0 radical (unpaired) electrons. The van der Waals surface area contributed by atoms with Gasteiger partial charge in [0.25, 0.3) is 0 Å². The van der Waals surface area contributed by atoms with E-state index in [0.717, 1.165) is 0 Å². The molecule has 0 saturated carbocycles. The van der Waals surface area contributed by atoms with Crippen molar-refractivity contribution in [2.45, 2.75) is 6.42 Å². The van der Waals surface area contributed by atoms with Crippen LogP contribution in [0.4, 0.5) is 4.39 Å². The van der Waals surface area contributed by atoms with Crippen LogP contribution in [-0.2, 0) is 6.42 Å². The highest BCUT2D eigenvalue weighted by molar-refractivity contribution is 6.21. The highest BCUT2D eigenvalue weighted by atomic mass is 19.1. The van der Waals surface area contributed by atoms with E-state index in [1.165, 1.54) is 29.8 Å². The fourth-order valence-corrected chi connectivity index (χ4v) is 2.12. The number of rotatable bonds is 5. The number of aromatic nitrogens is 1. The number of benzene rings is 1. The van der Waals surface area contributed by atoms with Gasteiger partial charge in [-0.15, -0.1) is 5.10 Å². The van der Waals surface area contributed by atoms with Gasteiger partial charge >= 0.3 is 0 Å².